The quantitative estimate of drug-likeness (QED) is 0.700. The Labute approximate surface area is 160 Å². The Morgan fingerprint density at radius 1 is 1.07 bits per heavy atom. The summed E-state index contributed by atoms with van der Waals surface area (Å²) >= 11 is 0. The second kappa shape index (κ2) is 8.71. The van der Waals surface area contributed by atoms with Gasteiger partial charge in [-0.3, -0.25) is 4.79 Å². The highest BCUT2D eigenvalue weighted by Crippen LogP contribution is 2.44. The van der Waals surface area contributed by atoms with Gasteiger partial charge >= 0.3 is 6.09 Å². The molecule has 2 amide bonds. The number of alkyl carbamates (subject to hydrolysis) is 1. The van der Waals surface area contributed by atoms with E-state index < -0.39 is 6.09 Å². The molecule has 5 nitrogen and oxygen atoms in total. The molecule has 1 atom stereocenters. The van der Waals surface area contributed by atoms with Crippen LogP contribution >= 0.6 is 0 Å². The molecule has 0 fully saturated rings. The molecular weight excluding hydrogens is 340 g/mol. The number of rotatable bonds is 8. The zero-order valence-electron chi connectivity index (χ0n) is 15.8. The zero-order valence-corrected chi connectivity index (χ0v) is 15.8. The number of hydrogen-bond acceptors (Lipinski definition) is 3. The van der Waals surface area contributed by atoms with Crippen LogP contribution < -0.4 is 10.6 Å². The smallest absolute Gasteiger partial charge is 0.407 e. The van der Waals surface area contributed by atoms with Gasteiger partial charge in [0, 0.05) is 18.5 Å². The van der Waals surface area contributed by atoms with Gasteiger partial charge in [-0.25, -0.2) is 4.79 Å². The summed E-state index contributed by atoms with van der Waals surface area (Å²) in [5.41, 5.74) is 4.78. The fourth-order valence-electron chi connectivity index (χ4n) is 3.76. The molecule has 0 radical (unpaired) electrons. The average Bonchev–Trinajstić information content (AvgIpc) is 2.98. The highest BCUT2D eigenvalue weighted by molar-refractivity contribution is 5.79. The number of amides is 2. The van der Waals surface area contributed by atoms with E-state index in [0.717, 1.165) is 6.42 Å². The lowest BCUT2D eigenvalue weighted by atomic mass is 9.98. The molecule has 1 aliphatic rings. The molecule has 0 heterocycles. The van der Waals surface area contributed by atoms with Gasteiger partial charge in [0.2, 0.25) is 6.41 Å². The first-order valence-corrected chi connectivity index (χ1v) is 9.38. The largest absolute Gasteiger partial charge is 0.449 e. The summed E-state index contributed by atoms with van der Waals surface area (Å²) in [5.74, 6) is 0.442. The van der Waals surface area contributed by atoms with E-state index in [2.05, 4.69) is 48.7 Å². The molecule has 2 aromatic carbocycles. The van der Waals surface area contributed by atoms with E-state index in [-0.39, 0.29) is 18.6 Å². The second-order valence-electron chi connectivity index (χ2n) is 7.32. The fraction of sp³-hybridized carbons (Fsp3) is 0.364. The maximum Gasteiger partial charge on any atom is 0.407 e. The molecule has 5 heteroatoms. The molecule has 27 heavy (non-hydrogen) atoms. The van der Waals surface area contributed by atoms with E-state index in [0.29, 0.717) is 18.9 Å². The van der Waals surface area contributed by atoms with Crippen molar-refractivity contribution < 1.29 is 14.3 Å². The standard InChI is InChI=1S/C22H26N2O3/c1-15(2)11-16(12-23-14-25)24-22(26)27-13-21-19-9-5-3-7-17(19)18-8-4-6-10-20(18)21/h3-10,14-16,21H,11-13H2,1-2H3,(H,23,25)(H,24,26)/t16-/m0/s1. The van der Waals surface area contributed by atoms with Crippen molar-refractivity contribution >= 4 is 12.5 Å². The maximum absolute atomic E-state index is 12.3. The third-order valence-electron chi connectivity index (χ3n) is 4.87. The fourth-order valence-corrected chi connectivity index (χ4v) is 3.76. The van der Waals surface area contributed by atoms with E-state index in [1.165, 1.54) is 22.3 Å². The Bertz CT molecular complexity index is 758. The molecular formula is C22H26N2O3. The van der Waals surface area contributed by atoms with E-state index in [1.54, 1.807) is 0 Å². The van der Waals surface area contributed by atoms with Crippen LogP contribution in [0.1, 0.15) is 37.3 Å². The first kappa shape index (κ1) is 19.0. The molecule has 2 N–H and O–H groups in total. The van der Waals surface area contributed by atoms with Gasteiger partial charge in [0.25, 0.3) is 0 Å². The Morgan fingerprint density at radius 3 is 2.22 bits per heavy atom. The Balaban J connectivity index is 1.65. The lowest BCUT2D eigenvalue weighted by Crippen LogP contribution is -2.43. The number of benzene rings is 2. The number of hydrogen-bond donors (Lipinski definition) is 2. The minimum atomic E-state index is -0.449. The van der Waals surface area contributed by atoms with Gasteiger partial charge in [-0.2, -0.15) is 0 Å². The summed E-state index contributed by atoms with van der Waals surface area (Å²) < 4.78 is 5.57. The van der Waals surface area contributed by atoms with E-state index in [9.17, 15) is 9.59 Å². The third kappa shape index (κ3) is 4.48. The van der Waals surface area contributed by atoms with Gasteiger partial charge in [-0.05, 0) is 34.6 Å². The Hall–Kier alpha value is -2.82. The molecule has 0 aliphatic heterocycles. The van der Waals surface area contributed by atoms with Crippen molar-refractivity contribution in [2.75, 3.05) is 13.2 Å². The molecule has 142 valence electrons. The number of nitrogens with one attached hydrogen (secondary N) is 2. The minimum Gasteiger partial charge on any atom is -0.449 e. The summed E-state index contributed by atoms with van der Waals surface area (Å²) in [6.07, 6.45) is 0.966. The summed E-state index contributed by atoms with van der Waals surface area (Å²) in [4.78, 5) is 22.9. The molecule has 0 unspecified atom stereocenters. The Morgan fingerprint density at radius 2 is 1.67 bits per heavy atom. The summed E-state index contributed by atoms with van der Waals surface area (Å²) in [5, 5.41) is 5.50. The molecule has 0 bridgehead atoms. The predicted molar refractivity (Wildman–Crippen MR) is 106 cm³/mol. The second-order valence-corrected chi connectivity index (χ2v) is 7.32. The van der Waals surface area contributed by atoms with Crippen molar-refractivity contribution in [3.8, 4) is 11.1 Å². The SMILES string of the molecule is CC(C)C[C@@H](CNC=O)NC(=O)OCC1c2ccccc2-c2ccccc21. The van der Waals surface area contributed by atoms with Crippen LogP contribution in [0.4, 0.5) is 4.79 Å². The normalized spacial score (nSPS) is 13.6. The maximum atomic E-state index is 12.3. The molecule has 0 spiro atoms. The van der Waals surface area contributed by atoms with Crippen molar-refractivity contribution in [1.29, 1.82) is 0 Å². The van der Waals surface area contributed by atoms with Gasteiger partial charge in [-0.15, -0.1) is 0 Å². The van der Waals surface area contributed by atoms with Gasteiger partial charge in [0.1, 0.15) is 6.61 Å². The minimum absolute atomic E-state index is 0.0415. The topological polar surface area (TPSA) is 67.4 Å². The van der Waals surface area contributed by atoms with Crippen molar-refractivity contribution in [2.45, 2.75) is 32.2 Å². The first-order valence-electron chi connectivity index (χ1n) is 9.38. The molecule has 0 aromatic heterocycles. The zero-order chi connectivity index (χ0) is 19.2. The summed E-state index contributed by atoms with van der Waals surface area (Å²) in [6.45, 7) is 4.84. The number of fused-ring (bicyclic) bond motifs is 3. The third-order valence-corrected chi connectivity index (χ3v) is 4.87. The van der Waals surface area contributed by atoms with Crippen LogP contribution in [0.2, 0.25) is 0 Å². The summed E-state index contributed by atoms with van der Waals surface area (Å²) in [7, 11) is 0. The molecule has 0 saturated heterocycles. The predicted octanol–water partition coefficient (Wildman–Crippen LogP) is 3.69. The van der Waals surface area contributed by atoms with Crippen molar-refractivity contribution in [3.63, 3.8) is 0 Å². The monoisotopic (exact) mass is 366 g/mol. The van der Waals surface area contributed by atoms with Crippen LogP contribution in [0, 0.1) is 5.92 Å². The lowest BCUT2D eigenvalue weighted by molar-refractivity contribution is -0.109. The van der Waals surface area contributed by atoms with Crippen molar-refractivity contribution in [1.82, 2.24) is 10.6 Å². The van der Waals surface area contributed by atoms with Gasteiger partial charge in [-0.1, -0.05) is 62.4 Å². The summed E-state index contributed by atoms with van der Waals surface area (Å²) in [6, 6.07) is 16.3. The van der Waals surface area contributed by atoms with Gasteiger partial charge < -0.3 is 15.4 Å². The van der Waals surface area contributed by atoms with Crippen LogP contribution in [0.5, 0.6) is 0 Å². The molecule has 0 saturated carbocycles. The van der Waals surface area contributed by atoms with Crippen LogP contribution in [0.3, 0.4) is 0 Å². The van der Waals surface area contributed by atoms with Crippen LogP contribution in [0.25, 0.3) is 11.1 Å². The van der Waals surface area contributed by atoms with E-state index in [4.69, 9.17) is 4.74 Å². The molecule has 1 aliphatic carbocycles. The van der Waals surface area contributed by atoms with Crippen LogP contribution in [-0.2, 0) is 9.53 Å². The average molecular weight is 366 g/mol. The Kier molecular flexibility index (Phi) is 6.12. The molecule has 3 rings (SSSR count). The number of carbonyl (C=O) groups excluding carboxylic acids is 2. The van der Waals surface area contributed by atoms with Crippen LogP contribution in [0.15, 0.2) is 48.5 Å². The lowest BCUT2D eigenvalue weighted by Gasteiger charge is -2.21. The number of carbonyl (C=O) groups is 2. The first-order chi connectivity index (χ1) is 13.1. The van der Waals surface area contributed by atoms with E-state index in [1.807, 2.05) is 24.3 Å². The van der Waals surface area contributed by atoms with Crippen molar-refractivity contribution in [3.05, 3.63) is 59.7 Å². The highest BCUT2D eigenvalue weighted by atomic mass is 16.5. The highest BCUT2D eigenvalue weighted by Gasteiger charge is 2.29. The van der Waals surface area contributed by atoms with Crippen molar-refractivity contribution in [2.24, 2.45) is 5.92 Å². The number of ether oxygens (including phenoxy) is 1. The van der Waals surface area contributed by atoms with Gasteiger partial charge in [0.05, 0.1) is 0 Å². The molecule has 2 aromatic rings. The van der Waals surface area contributed by atoms with Gasteiger partial charge in [0.15, 0.2) is 0 Å². The van der Waals surface area contributed by atoms with E-state index >= 15 is 0 Å². The van der Waals surface area contributed by atoms with Crippen LogP contribution in [-0.4, -0.2) is 31.7 Å².